The van der Waals surface area contributed by atoms with Crippen LogP contribution < -0.4 is 4.74 Å². The van der Waals surface area contributed by atoms with Crippen LogP contribution in [0, 0.1) is 0 Å². The van der Waals surface area contributed by atoms with Gasteiger partial charge in [-0.3, -0.25) is 9.78 Å². The lowest BCUT2D eigenvalue weighted by Gasteiger charge is -2.06. The number of hydrogen-bond donors (Lipinski definition) is 0. The highest BCUT2D eigenvalue weighted by Crippen LogP contribution is 2.09. The van der Waals surface area contributed by atoms with Gasteiger partial charge in [-0.05, 0) is 43.0 Å². The molecule has 116 valence electrons. The van der Waals surface area contributed by atoms with Gasteiger partial charge in [-0.25, -0.2) is 0 Å². The minimum Gasteiger partial charge on any atom is -0.494 e. The van der Waals surface area contributed by atoms with E-state index in [0.29, 0.717) is 26.1 Å². The molecule has 1 aromatic heterocycles. The fourth-order valence-electron chi connectivity index (χ4n) is 2.00. The number of hydrogen-bond acceptors (Lipinski definition) is 4. The van der Waals surface area contributed by atoms with Gasteiger partial charge in [0.25, 0.3) is 0 Å². The SMILES string of the molecule is O=C(CCCOc1ccccc1)OCCCc1cccnc1. The molecule has 0 N–H and O–H groups in total. The van der Waals surface area contributed by atoms with Gasteiger partial charge in [-0.1, -0.05) is 24.3 Å². The molecule has 0 amide bonds. The number of rotatable bonds is 9. The lowest BCUT2D eigenvalue weighted by Crippen LogP contribution is -2.08. The maximum atomic E-state index is 11.6. The van der Waals surface area contributed by atoms with E-state index in [4.69, 9.17) is 9.47 Å². The van der Waals surface area contributed by atoms with Crippen molar-refractivity contribution < 1.29 is 14.3 Å². The normalized spacial score (nSPS) is 10.2. The van der Waals surface area contributed by atoms with Crippen molar-refractivity contribution in [2.24, 2.45) is 0 Å². The zero-order valence-electron chi connectivity index (χ0n) is 12.6. The summed E-state index contributed by atoms with van der Waals surface area (Å²) in [5.41, 5.74) is 1.16. The van der Waals surface area contributed by atoms with Crippen molar-refractivity contribution in [3.05, 3.63) is 60.4 Å². The van der Waals surface area contributed by atoms with Crippen LogP contribution in [0.4, 0.5) is 0 Å². The Labute approximate surface area is 131 Å². The van der Waals surface area contributed by atoms with Crippen LogP contribution in [0.15, 0.2) is 54.9 Å². The Hall–Kier alpha value is -2.36. The predicted octanol–water partition coefficient (Wildman–Crippen LogP) is 3.42. The molecule has 0 aliphatic carbocycles. The van der Waals surface area contributed by atoms with Crippen molar-refractivity contribution in [2.45, 2.75) is 25.7 Å². The Kier molecular flexibility index (Phi) is 6.96. The van der Waals surface area contributed by atoms with E-state index in [1.165, 1.54) is 0 Å². The summed E-state index contributed by atoms with van der Waals surface area (Å²) in [5, 5.41) is 0. The van der Waals surface area contributed by atoms with E-state index >= 15 is 0 Å². The number of carbonyl (C=O) groups is 1. The predicted molar refractivity (Wildman–Crippen MR) is 84.7 cm³/mol. The second-order valence-corrected chi connectivity index (χ2v) is 4.95. The van der Waals surface area contributed by atoms with E-state index in [2.05, 4.69) is 4.98 Å². The van der Waals surface area contributed by atoms with Crippen molar-refractivity contribution in [1.29, 1.82) is 0 Å². The molecular formula is C18H21NO3. The third kappa shape index (κ3) is 6.39. The van der Waals surface area contributed by atoms with E-state index in [-0.39, 0.29) is 5.97 Å². The summed E-state index contributed by atoms with van der Waals surface area (Å²) in [6, 6.07) is 13.5. The summed E-state index contributed by atoms with van der Waals surface area (Å²) in [6.45, 7) is 0.974. The van der Waals surface area contributed by atoms with Crippen LogP contribution >= 0.6 is 0 Å². The molecule has 0 radical (unpaired) electrons. The molecule has 4 nitrogen and oxygen atoms in total. The highest BCUT2D eigenvalue weighted by molar-refractivity contribution is 5.69. The van der Waals surface area contributed by atoms with E-state index in [1.54, 1.807) is 6.20 Å². The van der Waals surface area contributed by atoms with Gasteiger partial charge in [0.15, 0.2) is 0 Å². The second kappa shape index (κ2) is 9.55. The molecule has 0 fully saturated rings. The Morgan fingerprint density at radius 1 is 1.00 bits per heavy atom. The molecule has 0 unspecified atom stereocenters. The highest BCUT2D eigenvalue weighted by atomic mass is 16.5. The molecule has 2 rings (SSSR count). The van der Waals surface area contributed by atoms with E-state index in [0.717, 1.165) is 24.2 Å². The number of aryl methyl sites for hydroxylation is 1. The molecule has 0 aliphatic heterocycles. The van der Waals surface area contributed by atoms with Crippen LogP contribution in [-0.2, 0) is 16.0 Å². The quantitative estimate of drug-likeness (QED) is 0.526. The van der Waals surface area contributed by atoms with Gasteiger partial charge in [-0.2, -0.15) is 0 Å². The van der Waals surface area contributed by atoms with Gasteiger partial charge >= 0.3 is 5.97 Å². The van der Waals surface area contributed by atoms with E-state index < -0.39 is 0 Å². The molecule has 0 bridgehead atoms. The van der Waals surface area contributed by atoms with Gasteiger partial charge in [-0.15, -0.1) is 0 Å². The zero-order chi connectivity index (χ0) is 15.5. The van der Waals surface area contributed by atoms with Crippen molar-refractivity contribution >= 4 is 5.97 Å². The fraction of sp³-hybridized carbons (Fsp3) is 0.333. The lowest BCUT2D eigenvalue weighted by molar-refractivity contribution is -0.144. The molecule has 0 aliphatic rings. The second-order valence-electron chi connectivity index (χ2n) is 4.95. The Morgan fingerprint density at radius 2 is 1.86 bits per heavy atom. The van der Waals surface area contributed by atoms with Gasteiger partial charge in [0.05, 0.1) is 13.2 Å². The maximum Gasteiger partial charge on any atom is 0.305 e. The van der Waals surface area contributed by atoms with E-state index in [1.807, 2.05) is 48.7 Å². The molecule has 0 spiro atoms. The summed E-state index contributed by atoms with van der Waals surface area (Å²) in [7, 11) is 0. The van der Waals surface area contributed by atoms with Crippen LogP contribution in [0.25, 0.3) is 0 Å². The third-order valence-corrected chi connectivity index (χ3v) is 3.13. The minimum absolute atomic E-state index is 0.164. The van der Waals surface area contributed by atoms with Crippen molar-refractivity contribution in [1.82, 2.24) is 4.98 Å². The molecule has 4 heteroatoms. The summed E-state index contributed by atoms with van der Waals surface area (Å²) in [4.78, 5) is 15.6. The van der Waals surface area contributed by atoms with Crippen molar-refractivity contribution in [3.63, 3.8) is 0 Å². The maximum absolute atomic E-state index is 11.6. The van der Waals surface area contributed by atoms with Crippen LogP contribution in [-0.4, -0.2) is 24.2 Å². The number of ether oxygens (including phenoxy) is 2. The van der Waals surface area contributed by atoms with Gasteiger partial charge in [0.2, 0.25) is 0 Å². The number of para-hydroxylation sites is 1. The standard InChI is InChI=1S/C18H21NO3/c20-18(11-6-13-21-17-9-2-1-3-10-17)22-14-5-8-16-7-4-12-19-15-16/h1-4,7,9-10,12,15H,5-6,8,11,13-14H2. The molecular weight excluding hydrogens is 278 g/mol. The molecule has 1 aromatic carbocycles. The minimum atomic E-state index is -0.164. The number of aromatic nitrogens is 1. The van der Waals surface area contributed by atoms with Gasteiger partial charge in [0.1, 0.15) is 5.75 Å². The third-order valence-electron chi connectivity index (χ3n) is 3.13. The average molecular weight is 299 g/mol. The molecule has 0 saturated heterocycles. The van der Waals surface area contributed by atoms with Crippen molar-refractivity contribution in [2.75, 3.05) is 13.2 Å². The lowest BCUT2D eigenvalue weighted by atomic mass is 10.2. The van der Waals surface area contributed by atoms with Gasteiger partial charge < -0.3 is 9.47 Å². The fourth-order valence-corrected chi connectivity index (χ4v) is 2.00. The first-order chi connectivity index (χ1) is 10.8. The van der Waals surface area contributed by atoms with Crippen LogP contribution in [0.5, 0.6) is 5.75 Å². The number of pyridine rings is 1. The topological polar surface area (TPSA) is 48.4 Å². The highest BCUT2D eigenvalue weighted by Gasteiger charge is 2.03. The summed E-state index contributed by atoms with van der Waals surface area (Å²) >= 11 is 0. The first-order valence-corrected chi connectivity index (χ1v) is 7.57. The Bertz CT molecular complexity index is 493. The molecule has 2 aromatic rings. The molecule has 1 heterocycles. The van der Waals surface area contributed by atoms with Crippen molar-refractivity contribution in [3.8, 4) is 5.75 Å². The summed E-state index contributed by atoms with van der Waals surface area (Å²) in [6.07, 6.45) is 6.33. The first kappa shape index (κ1) is 16.0. The smallest absolute Gasteiger partial charge is 0.305 e. The molecule has 0 saturated carbocycles. The summed E-state index contributed by atoms with van der Waals surface area (Å²) < 4.78 is 10.7. The van der Waals surface area contributed by atoms with Crippen LogP contribution in [0.1, 0.15) is 24.8 Å². The number of carbonyl (C=O) groups excluding carboxylic acids is 1. The Morgan fingerprint density at radius 3 is 2.64 bits per heavy atom. The first-order valence-electron chi connectivity index (χ1n) is 7.57. The Balaban J connectivity index is 1.49. The van der Waals surface area contributed by atoms with Crippen LogP contribution in [0.3, 0.4) is 0 Å². The molecule has 0 atom stereocenters. The number of nitrogens with zero attached hydrogens (tertiary/aromatic N) is 1. The van der Waals surface area contributed by atoms with E-state index in [9.17, 15) is 4.79 Å². The number of esters is 1. The monoisotopic (exact) mass is 299 g/mol. The van der Waals surface area contributed by atoms with Gasteiger partial charge in [0, 0.05) is 18.8 Å². The zero-order valence-corrected chi connectivity index (χ0v) is 12.6. The van der Waals surface area contributed by atoms with Crippen LogP contribution in [0.2, 0.25) is 0 Å². The number of benzene rings is 1. The average Bonchev–Trinajstić information content (AvgIpc) is 2.57. The molecule has 22 heavy (non-hydrogen) atoms. The summed E-state index contributed by atoms with van der Waals surface area (Å²) in [5.74, 6) is 0.662. The largest absolute Gasteiger partial charge is 0.494 e.